The average Bonchev–Trinajstić information content (AvgIpc) is 3.47. The second-order valence-electron chi connectivity index (χ2n) is 10.8. The zero-order valence-corrected chi connectivity index (χ0v) is 22.1. The van der Waals surface area contributed by atoms with Gasteiger partial charge >= 0.3 is 0 Å². The minimum absolute atomic E-state index is 0.345. The fourth-order valence-corrected chi connectivity index (χ4v) is 6.18. The molecule has 3 heterocycles. The Morgan fingerprint density at radius 1 is 0.622 bits per heavy atom. The van der Waals surface area contributed by atoms with Crippen molar-refractivity contribution in [3.8, 4) is 11.5 Å². The van der Waals surface area contributed by atoms with Gasteiger partial charge in [0.25, 0.3) is 0 Å². The average molecular weight is 499 g/mol. The van der Waals surface area contributed by atoms with Crippen LogP contribution < -0.4 is 9.47 Å². The lowest BCUT2D eigenvalue weighted by Gasteiger charge is -2.28. The molecule has 2 unspecified atom stereocenters. The van der Waals surface area contributed by atoms with Crippen LogP contribution in [-0.2, 0) is 13.2 Å². The first kappa shape index (κ1) is 24.4. The molecule has 37 heavy (non-hydrogen) atoms. The van der Waals surface area contributed by atoms with Crippen molar-refractivity contribution in [1.82, 2.24) is 19.6 Å². The molecular weight excluding hydrogens is 460 g/mol. The van der Waals surface area contributed by atoms with Crippen molar-refractivity contribution in [3.05, 3.63) is 95.1 Å². The van der Waals surface area contributed by atoms with Gasteiger partial charge in [-0.25, -0.2) is 0 Å². The molecule has 194 valence electrons. The highest BCUT2D eigenvalue weighted by Gasteiger charge is 2.33. The highest BCUT2D eigenvalue weighted by molar-refractivity contribution is 5.38. The number of hydrogen-bond donors (Lipinski definition) is 0. The van der Waals surface area contributed by atoms with Crippen LogP contribution in [0, 0.1) is 0 Å². The van der Waals surface area contributed by atoms with Gasteiger partial charge < -0.3 is 9.47 Å². The number of ether oxygens (including phenoxy) is 2. The summed E-state index contributed by atoms with van der Waals surface area (Å²) in [6.45, 7) is 7.25. The molecule has 2 bridgehead atoms. The molecule has 3 aliphatic heterocycles. The summed E-state index contributed by atoms with van der Waals surface area (Å²) in [5.74, 6) is 1.98. The number of hydrogen-bond acceptors (Lipinski definition) is 6. The van der Waals surface area contributed by atoms with E-state index >= 15 is 0 Å². The first-order valence-corrected chi connectivity index (χ1v) is 13.5. The van der Waals surface area contributed by atoms with Crippen LogP contribution in [0.15, 0.2) is 72.8 Å². The molecule has 0 N–H and O–H groups in total. The van der Waals surface area contributed by atoms with Crippen molar-refractivity contribution in [3.63, 3.8) is 0 Å². The second-order valence-corrected chi connectivity index (χ2v) is 10.8. The number of benzene rings is 3. The van der Waals surface area contributed by atoms with Crippen LogP contribution in [0.4, 0.5) is 0 Å². The summed E-state index contributed by atoms with van der Waals surface area (Å²) in [6.07, 6.45) is 1.13. The highest BCUT2D eigenvalue weighted by atomic mass is 16.5. The molecule has 0 spiro atoms. The number of para-hydroxylation sites is 2. The molecular formula is C31H38N4O2. The van der Waals surface area contributed by atoms with Crippen LogP contribution in [-0.4, -0.2) is 73.2 Å². The lowest BCUT2D eigenvalue weighted by Crippen LogP contribution is -2.32. The topological polar surface area (TPSA) is 31.4 Å². The maximum absolute atomic E-state index is 6.44. The quantitative estimate of drug-likeness (QED) is 0.445. The Hall–Kier alpha value is -2.90. The van der Waals surface area contributed by atoms with Gasteiger partial charge in [0.15, 0.2) is 0 Å². The van der Waals surface area contributed by atoms with Crippen molar-refractivity contribution in [1.29, 1.82) is 0 Å². The predicted molar refractivity (Wildman–Crippen MR) is 146 cm³/mol. The highest BCUT2D eigenvalue weighted by Crippen LogP contribution is 2.36. The molecule has 2 saturated heterocycles. The molecule has 3 aromatic carbocycles. The molecule has 0 radical (unpaired) electrons. The molecule has 2 fully saturated rings. The van der Waals surface area contributed by atoms with Gasteiger partial charge in [0.1, 0.15) is 24.7 Å². The monoisotopic (exact) mass is 498 g/mol. The molecule has 2 atom stereocenters. The van der Waals surface area contributed by atoms with Crippen molar-refractivity contribution >= 4 is 0 Å². The molecule has 6 heteroatoms. The van der Waals surface area contributed by atoms with Gasteiger partial charge in [-0.15, -0.1) is 0 Å². The first-order valence-electron chi connectivity index (χ1n) is 13.5. The molecule has 6 rings (SSSR count). The van der Waals surface area contributed by atoms with E-state index in [9.17, 15) is 0 Å². The Kier molecular flexibility index (Phi) is 7.16. The van der Waals surface area contributed by atoms with Crippen LogP contribution in [0.1, 0.15) is 40.8 Å². The molecule has 0 aliphatic carbocycles. The van der Waals surface area contributed by atoms with Gasteiger partial charge in [0, 0.05) is 37.3 Å². The maximum atomic E-state index is 6.44. The van der Waals surface area contributed by atoms with E-state index in [4.69, 9.17) is 9.47 Å². The third-order valence-electron chi connectivity index (χ3n) is 7.92. The number of rotatable bonds is 0. The number of nitrogens with zero attached hydrogens (tertiary/aromatic N) is 4. The van der Waals surface area contributed by atoms with E-state index in [-0.39, 0.29) is 0 Å². The Balaban J connectivity index is 1.34. The number of fused-ring (bicyclic) bond motifs is 8. The van der Waals surface area contributed by atoms with Crippen LogP contribution in [0.3, 0.4) is 0 Å². The van der Waals surface area contributed by atoms with Gasteiger partial charge in [0.2, 0.25) is 0 Å². The predicted octanol–water partition coefficient (Wildman–Crippen LogP) is 4.74. The first-order chi connectivity index (χ1) is 18.1. The summed E-state index contributed by atoms with van der Waals surface area (Å²) < 4.78 is 12.9. The van der Waals surface area contributed by atoms with Crippen molar-refractivity contribution in [2.75, 3.05) is 53.6 Å². The summed E-state index contributed by atoms with van der Waals surface area (Å²) in [4.78, 5) is 10.1. The molecule has 3 aliphatic rings. The Morgan fingerprint density at radius 2 is 1.11 bits per heavy atom. The van der Waals surface area contributed by atoms with E-state index in [2.05, 4.69) is 106 Å². The van der Waals surface area contributed by atoms with E-state index in [1.54, 1.807) is 0 Å². The second kappa shape index (κ2) is 10.8. The Labute approximate surface area is 221 Å². The van der Waals surface area contributed by atoms with E-state index in [0.717, 1.165) is 68.6 Å². The summed E-state index contributed by atoms with van der Waals surface area (Å²) in [5, 5.41) is 0. The summed E-state index contributed by atoms with van der Waals surface area (Å²) in [5.41, 5.74) is 4.91. The minimum atomic E-state index is 0.345. The van der Waals surface area contributed by atoms with E-state index in [1.807, 2.05) is 0 Å². The molecule has 6 nitrogen and oxygen atoms in total. The van der Waals surface area contributed by atoms with Crippen LogP contribution in [0.2, 0.25) is 0 Å². The number of likely N-dealkylation sites (N-methyl/N-ethyl adjacent to an activating group) is 2. The van der Waals surface area contributed by atoms with Gasteiger partial charge in [-0.2, -0.15) is 0 Å². The lowest BCUT2D eigenvalue weighted by atomic mass is 10.0. The molecule has 3 aromatic rings. The maximum Gasteiger partial charge on any atom is 0.124 e. The zero-order chi connectivity index (χ0) is 25.2. The lowest BCUT2D eigenvalue weighted by molar-refractivity contribution is 0.188. The largest absolute Gasteiger partial charge is 0.489 e. The van der Waals surface area contributed by atoms with Crippen LogP contribution >= 0.6 is 0 Å². The van der Waals surface area contributed by atoms with Crippen LogP contribution in [0.25, 0.3) is 0 Å². The summed E-state index contributed by atoms with van der Waals surface area (Å²) in [6, 6.07) is 26.5. The Morgan fingerprint density at radius 3 is 1.62 bits per heavy atom. The molecule has 0 amide bonds. The van der Waals surface area contributed by atoms with Crippen LogP contribution in [0.5, 0.6) is 11.5 Å². The fraction of sp³-hybridized carbons (Fsp3) is 0.419. The molecule has 0 aromatic heterocycles. The third kappa shape index (κ3) is 5.39. The van der Waals surface area contributed by atoms with Crippen molar-refractivity contribution in [2.24, 2.45) is 0 Å². The fourth-order valence-electron chi connectivity index (χ4n) is 6.18. The minimum Gasteiger partial charge on any atom is -0.489 e. The summed E-state index contributed by atoms with van der Waals surface area (Å²) >= 11 is 0. The zero-order valence-electron chi connectivity index (χ0n) is 22.1. The third-order valence-corrected chi connectivity index (χ3v) is 7.92. The summed E-state index contributed by atoms with van der Waals surface area (Å²) in [7, 11) is 4.44. The van der Waals surface area contributed by atoms with E-state index in [0.29, 0.717) is 25.3 Å². The molecule has 0 saturated carbocycles. The standard InChI is InChI=1S/C31H38N4O2/c1-32-18-28-26-11-3-5-13-30(26)36-20-24-9-7-10-25(17-24)21-37-31-14-6-4-12-27(31)29-19-33(2)23-35(29)16-8-15-34(28)22-32/h3-7,9-14,17,28-29H,8,15-16,18-23H2,1-2H3. The van der Waals surface area contributed by atoms with Gasteiger partial charge in [-0.05, 0) is 49.8 Å². The normalized spacial score (nSPS) is 24.1. The SMILES string of the molecule is CN1CC2c3ccccc3OCc3cccc(c3)COc3ccccc3C3CN(C)CN3CCCN2C1. The van der Waals surface area contributed by atoms with Crippen molar-refractivity contribution in [2.45, 2.75) is 31.7 Å². The van der Waals surface area contributed by atoms with Gasteiger partial charge in [-0.1, -0.05) is 54.6 Å². The van der Waals surface area contributed by atoms with E-state index in [1.165, 1.54) is 11.1 Å². The van der Waals surface area contributed by atoms with Gasteiger partial charge in [0.05, 0.1) is 25.4 Å². The van der Waals surface area contributed by atoms with Gasteiger partial charge in [-0.3, -0.25) is 19.6 Å². The Bertz CT molecular complexity index is 1130. The van der Waals surface area contributed by atoms with E-state index < -0.39 is 0 Å². The van der Waals surface area contributed by atoms with Crippen molar-refractivity contribution < 1.29 is 9.47 Å². The smallest absolute Gasteiger partial charge is 0.124 e.